The Morgan fingerprint density at radius 1 is 1.17 bits per heavy atom. The second kappa shape index (κ2) is 6.97. The fraction of sp³-hybridized carbons (Fsp3) is 0.474. The predicted octanol–water partition coefficient (Wildman–Crippen LogP) is 2.43. The largest absolute Gasteiger partial charge is 0.371 e. The Labute approximate surface area is 142 Å². The number of hydrogen-bond acceptors (Lipinski definition) is 5. The van der Waals surface area contributed by atoms with Gasteiger partial charge in [0, 0.05) is 50.8 Å². The number of nitrogens with zero attached hydrogens (tertiary/aromatic N) is 3. The van der Waals surface area contributed by atoms with Crippen LogP contribution in [0, 0.1) is 0 Å². The van der Waals surface area contributed by atoms with Crippen molar-refractivity contribution in [1.82, 2.24) is 14.9 Å². The van der Waals surface area contributed by atoms with Crippen molar-refractivity contribution in [1.29, 1.82) is 0 Å². The van der Waals surface area contributed by atoms with Crippen molar-refractivity contribution < 1.29 is 9.47 Å². The van der Waals surface area contributed by atoms with Crippen LogP contribution in [0.5, 0.6) is 0 Å². The zero-order chi connectivity index (χ0) is 16.2. The third-order valence-electron chi connectivity index (χ3n) is 4.91. The lowest BCUT2D eigenvalue weighted by Gasteiger charge is -2.23. The third kappa shape index (κ3) is 3.64. The molecule has 0 amide bonds. The predicted molar refractivity (Wildman–Crippen MR) is 90.2 cm³/mol. The van der Waals surface area contributed by atoms with Gasteiger partial charge in [0.05, 0.1) is 24.9 Å². The molecule has 0 saturated carbocycles. The van der Waals surface area contributed by atoms with Crippen LogP contribution in [0.25, 0.3) is 0 Å². The van der Waals surface area contributed by atoms with E-state index in [0.29, 0.717) is 13.2 Å². The van der Waals surface area contributed by atoms with Gasteiger partial charge in [0.1, 0.15) is 0 Å². The molecule has 2 atom stereocenters. The molecule has 4 heterocycles. The molecule has 0 aromatic carbocycles. The molecule has 2 saturated heterocycles. The van der Waals surface area contributed by atoms with Gasteiger partial charge in [-0.05, 0) is 29.7 Å². The lowest BCUT2D eigenvalue weighted by Crippen LogP contribution is -2.33. The van der Waals surface area contributed by atoms with E-state index in [9.17, 15) is 0 Å². The Morgan fingerprint density at radius 2 is 1.96 bits per heavy atom. The van der Waals surface area contributed by atoms with E-state index >= 15 is 0 Å². The van der Waals surface area contributed by atoms with Crippen LogP contribution < -0.4 is 0 Å². The van der Waals surface area contributed by atoms with E-state index < -0.39 is 0 Å². The van der Waals surface area contributed by atoms with E-state index in [1.807, 2.05) is 36.8 Å². The summed E-state index contributed by atoms with van der Waals surface area (Å²) in [7, 11) is 0. The molecule has 4 rings (SSSR count). The molecule has 0 aliphatic carbocycles. The van der Waals surface area contributed by atoms with Crippen molar-refractivity contribution >= 4 is 0 Å². The summed E-state index contributed by atoms with van der Waals surface area (Å²) in [4.78, 5) is 10.8. The van der Waals surface area contributed by atoms with Crippen molar-refractivity contribution in [2.75, 3.05) is 19.7 Å². The Morgan fingerprint density at radius 3 is 2.71 bits per heavy atom. The SMILES string of the molecule is c1cncc(CO[C@@H]2CO[C@]3(CCN(Cc4cccnc4)C3)C2)c1. The van der Waals surface area contributed by atoms with Gasteiger partial charge in [0.15, 0.2) is 0 Å². The number of pyridine rings is 2. The lowest BCUT2D eigenvalue weighted by molar-refractivity contribution is -0.000455. The minimum absolute atomic E-state index is 0.0260. The molecule has 2 aliphatic heterocycles. The van der Waals surface area contributed by atoms with Gasteiger partial charge in [-0.25, -0.2) is 0 Å². The van der Waals surface area contributed by atoms with E-state index in [1.54, 1.807) is 6.20 Å². The molecule has 24 heavy (non-hydrogen) atoms. The van der Waals surface area contributed by atoms with Crippen LogP contribution in [0.1, 0.15) is 24.0 Å². The summed E-state index contributed by atoms with van der Waals surface area (Å²) in [6, 6.07) is 8.12. The molecule has 5 heteroatoms. The standard InChI is InChI=1S/C19H23N3O2/c1-3-16(10-20-6-1)12-22-8-5-19(15-22)9-18(14-24-19)23-13-17-4-2-7-21-11-17/h1-4,6-7,10-11,18H,5,8-9,12-15H2/t18-,19+/m0/s1. The van der Waals surface area contributed by atoms with Gasteiger partial charge in [0.2, 0.25) is 0 Å². The maximum absolute atomic E-state index is 6.17. The molecule has 2 aromatic rings. The first-order chi connectivity index (χ1) is 11.8. The van der Waals surface area contributed by atoms with Crippen LogP contribution >= 0.6 is 0 Å². The Kier molecular flexibility index (Phi) is 4.56. The second-order valence-electron chi connectivity index (χ2n) is 6.81. The van der Waals surface area contributed by atoms with Crippen molar-refractivity contribution in [2.45, 2.75) is 37.7 Å². The van der Waals surface area contributed by atoms with Crippen molar-refractivity contribution in [3.8, 4) is 0 Å². The zero-order valence-electron chi connectivity index (χ0n) is 13.8. The first kappa shape index (κ1) is 15.7. The third-order valence-corrected chi connectivity index (χ3v) is 4.91. The van der Waals surface area contributed by atoms with E-state index in [4.69, 9.17) is 9.47 Å². The summed E-state index contributed by atoms with van der Waals surface area (Å²) in [5.41, 5.74) is 2.35. The molecule has 0 unspecified atom stereocenters. The summed E-state index contributed by atoms with van der Waals surface area (Å²) < 4.78 is 12.2. The Hall–Kier alpha value is -1.82. The van der Waals surface area contributed by atoms with Crippen LogP contribution in [-0.4, -0.2) is 46.3 Å². The molecule has 1 spiro atoms. The highest BCUT2D eigenvalue weighted by molar-refractivity contribution is 5.10. The van der Waals surface area contributed by atoms with Crippen LogP contribution in [-0.2, 0) is 22.6 Å². The van der Waals surface area contributed by atoms with Gasteiger partial charge in [-0.1, -0.05) is 12.1 Å². The Bertz CT molecular complexity index is 652. The molecular formula is C19H23N3O2. The van der Waals surface area contributed by atoms with Gasteiger partial charge in [-0.15, -0.1) is 0 Å². The quantitative estimate of drug-likeness (QED) is 0.845. The van der Waals surface area contributed by atoms with E-state index in [0.717, 1.165) is 38.0 Å². The highest BCUT2D eigenvalue weighted by Gasteiger charge is 2.45. The molecule has 126 valence electrons. The summed E-state index contributed by atoms with van der Waals surface area (Å²) in [5, 5.41) is 0. The van der Waals surface area contributed by atoms with E-state index in [1.165, 1.54) is 5.56 Å². The van der Waals surface area contributed by atoms with Gasteiger partial charge < -0.3 is 9.47 Å². The highest BCUT2D eigenvalue weighted by atomic mass is 16.6. The number of rotatable bonds is 5. The molecule has 0 bridgehead atoms. The molecule has 2 aliphatic rings. The van der Waals surface area contributed by atoms with Crippen LogP contribution in [0.3, 0.4) is 0 Å². The van der Waals surface area contributed by atoms with Gasteiger partial charge in [-0.2, -0.15) is 0 Å². The first-order valence-corrected chi connectivity index (χ1v) is 8.57. The highest BCUT2D eigenvalue weighted by Crippen LogP contribution is 2.36. The maximum atomic E-state index is 6.17. The fourth-order valence-corrected chi connectivity index (χ4v) is 3.70. The number of aromatic nitrogens is 2. The van der Waals surface area contributed by atoms with Crippen molar-refractivity contribution in [2.24, 2.45) is 0 Å². The van der Waals surface area contributed by atoms with E-state index in [-0.39, 0.29) is 11.7 Å². The number of ether oxygens (including phenoxy) is 2. The summed E-state index contributed by atoms with van der Waals surface area (Å²) in [5.74, 6) is 0. The number of hydrogen-bond donors (Lipinski definition) is 0. The normalized spacial score (nSPS) is 27.1. The molecule has 0 radical (unpaired) electrons. The number of likely N-dealkylation sites (tertiary alicyclic amines) is 1. The summed E-state index contributed by atoms with van der Waals surface area (Å²) in [6.07, 6.45) is 9.66. The van der Waals surface area contributed by atoms with Gasteiger partial charge in [-0.3, -0.25) is 14.9 Å². The fourth-order valence-electron chi connectivity index (χ4n) is 3.70. The maximum Gasteiger partial charge on any atom is 0.0847 e. The topological polar surface area (TPSA) is 47.5 Å². The average molecular weight is 325 g/mol. The summed E-state index contributed by atoms with van der Waals surface area (Å²) in [6.45, 7) is 4.30. The molecule has 2 aromatic heterocycles. The average Bonchev–Trinajstić information content (AvgIpc) is 3.21. The summed E-state index contributed by atoms with van der Waals surface area (Å²) >= 11 is 0. The lowest BCUT2D eigenvalue weighted by atomic mass is 9.98. The minimum atomic E-state index is -0.0260. The molecule has 2 fully saturated rings. The van der Waals surface area contributed by atoms with Crippen molar-refractivity contribution in [3.63, 3.8) is 0 Å². The molecular weight excluding hydrogens is 302 g/mol. The van der Waals surface area contributed by atoms with Crippen molar-refractivity contribution in [3.05, 3.63) is 60.2 Å². The van der Waals surface area contributed by atoms with Crippen LogP contribution in [0.2, 0.25) is 0 Å². The molecule has 5 nitrogen and oxygen atoms in total. The molecule has 0 N–H and O–H groups in total. The monoisotopic (exact) mass is 325 g/mol. The second-order valence-corrected chi connectivity index (χ2v) is 6.81. The zero-order valence-corrected chi connectivity index (χ0v) is 13.8. The van der Waals surface area contributed by atoms with Gasteiger partial charge >= 0.3 is 0 Å². The first-order valence-electron chi connectivity index (χ1n) is 8.57. The smallest absolute Gasteiger partial charge is 0.0847 e. The van der Waals surface area contributed by atoms with E-state index in [2.05, 4.69) is 20.9 Å². The van der Waals surface area contributed by atoms with Crippen LogP contribution in [0.4, 0.5) is 0 Å². The van der Waals surface area contributed by atoms with Gasteiger partial charge in [0.25, 0.3) is 0 Å². The minimum Gasteiger partial charge on any atom is -0.371 e. The van der Waals surface area contributed by atoms with Crippen LogP contribution in [0.15, 0.2) is 49.1 Å². The Balaban J connectivity index is 1.28.